The van der Waals surface area contributed by atoms with E-state index in [0.717, 1.165) is 39.9 Å². The van der Waals surface area contributed by atoms with Gasteiger partial charge in [0.05, 0.1) is 18.0 Å². The van der Waals surface area contributed by atoms with Gasteiger partial charge >= 0.3 is 5.97 Å². The predicted octanol–water partition coefficient (Wildman–Crippen LogP) is 5.47. The SMILES string of the molecule is C/C=C/Sc1c2n(c3cc(F)cc(C(CC)OC)c13)CCC2CC(=O)O. The summed E-state index contributed by atoms with van der Waals surface area (Å²) in [6, 6.07) is 3.12. The van der Waals surface area contributed by atoms with Crippen LogP contribution in [0.5, 0.6) is 0 Å². The first-order chi connectivity index (χ1) is 12.5. The summed E-state index contributed by atoms with van der Waals surface area (Å²) in [4.78, 5) is 12.4. The summed E-state index contributed by atoms with van der Waals surface area (Å²) in [6.45, 7) is 4.68. The molecule has 1 aromatic carbocycles. The van der Waals surface area contributed by atoms with Crippen molar-refractivity contribution in [2.24, 2.45) is 0 Å². The molecule has 0 fully saturated rings. The number of aliphatic carboxylic acids is 1. The van der Waals surface area contributed by atoms with Crippen LogP contribution >= 0.6 is 11.8 Å². The highest BCUT2D eigenvalue weighted by molar-refractivity contribution is 8.02. The van der Waals surface area contributed by atoms with E-state index < -0.39 is 5.97 Å². The van der Waals surface area contributed by atoms with Gasteiger partial charge in [-0.2, -0.15) is 0 Å². The Morgan fingerprint density at radius 1 is 1.54 bits per heavy atom. The van der Waals surface area contributed by atoms with Crippen molar-refractivity contribution >= 4 is 28.6 Å². The number of aromatic nitrogens is 1. The van der Waals surface area contributed by atoms with E-state index >= 15 is 0 Å². The number of hydrogen-bond donors (Lipinski definition) is 1. The fraction of sp³-hybridized carbons (Fsp3) is 0.450. The second-order valence-electron chi connectivity index (χ2n) is 6.56. The Morgan fingerprint density at radius 2 is 2.31 bits per heavy atom. The zero-order valence-corrected chi connectivity index (χ0v) is 16.1. The van der Waals surface area contributed by atoms with Gasteiger partial charge in [-0.05, 0) is 42.9 Å². The lowest BCUT2D eigenvalue weighted by molar-refractivity contribution is -0.137. The first kappa shape index (κ1) is 19.0. The van der Waals surface area contributed by atoms with E-state index in [4.69, 9.17) is 4.74 Å². The van der Waals surface area contributed by atoms with Crippen molar-refractivity contribution in [1.29, 1.82) is 0 Å². The van der Waals surface area contributed by atoms with Gasteiger partial charge in [0, 0.05) is 35.5 Å². The average Bonchev–Trinajstić information content (AvgIpc) is 3.13. The van der Waals surface area contributed by atoms with Gasteiger partial charge in [-0.3, -0.25) is 4.79 Å². The van der Waals surface area contributed by atoms with Crippen LogP contribution in [0, 0.1) is 5.82 Å². The van der Waals surface area contributed by atoms with E-state index in [2.05, 4.69) is 4.57 Å². The molecule has 0 radical (unpaired) electrons. The molecule has 0 amide bonds. The number of carboxylic acid groups (broad SMARTS) is 1. The molecule has 6 heteroatoms. The van der Waals surface area contributed by atoms with Crippen molar-refractivity contribution in [3.8, 4) is 0 Å². The number of benzene rings is 1. The first-order valence-electron chi connectivity index (χ1n) is 8.89. The van der Waals surface area contributed by atoms with E-state index in [1.54, 1.807) is 31.0 Å². The van der Waals surface area contributed by atoms with Crippen molar-refractivity contribution in [3.05, 3.63) is 40.7 Å². The molecular formula is C20H24FNO3S. The number of fused-ring (bicyclic) bond motifs is 3. The van der Waals surface area contributed by atoms with Gasteiger partial charge in [0.1, 0.15) is 5.82 Å². The molecule has 1 aliphatic rings. The third kappa shape index (κ3) is 3.28. The first-order valence-corrected chi connectivity index (χ1v) is 9.77. The van der Waals surface area contributed by atoms with Crippen LogP contribution in [-0.4, -0.2) is 22.8 Å². The molecule has 4 nitrogen and oxygen atoms in total. The summed E-state index contributed by atoms with van der Waals surface area (Å²) in [5.41, 5.74) is 2.70. The Balaban J connectivity index is 2.30. The van der Waals surface area contributed by atoms with Gasteiger partial charge < -0.3 is 14.4 Å². The minimum absolute atomic E-state index is 0.0498. The third-order valence-corrected chi connectivity index (χ3v) is 6.04. The number of hydrogen-bond acceptors (Lipinski definition) is 3. The number of halogens is 1. The van der Waals surface area contributed by atoms with Crippen molar-refractivity contribution in [2.75, 3.05) is 7.11 Å². The Hall–Kier alpha value is -1.79. The lowest BCUT2D eigenvalue weighted by atomic mass is 9.97. The summed E-state index contributed by atoms with van der Waals surface area (Å²) >= 11 is 1.58. The lowest BCUT2D eigenvalue weighted by Crippen LogP contribution is -2.04. The normalized spacial score (nSPS) is 17.9. The molecule has 0 saturated heterocycles. The van der Waals surface area contributed by atoms with E-state index in [1.165, 1.54) is 0 Å². The molecule has 0 aliphatic carbocycles. The van der Waals surface area contributed by atoms with E-state index in [0.29, 0.717) is 6.54 Å². The number of thioether (sulfide) groups is 1. The van der Waals surface area contributed by atoms with Crippen molar-refractivity contribution in [1.82, 2.24) is 4.57 Å². The summed E-state index contributed by atoms with van der Waals surface area (Å²) < 4.78 is 22.1. The number of ether oxygens (including phenoxy) is 1. The Bertz CT molecular complexity index is 855. The molecule has 1 aromatic heterocycles. The molecule has 2 aromatic rings. The van der Waals surface area contributed by atoms with Gasteiger partial charge in [-0.1, -0.05) is 24.8 Å². The Morgan fingerprint density at radius 3 is 2.92 bits per heavy atom. The van der Waals surface area contributed by atoms with Crippen molar-refractivity contribution in [3.63, 3.8) is 0 Å². The number of aryl methyl sites for hydroxylation is 1. The minimum atomic E-state index is -0.801. The van der Waals surface area contributed by atoms with E-state index in [9.17, 15) is 14.3 Å². The number of carbonyl (C=O) groups is 1. The molecule has 2 heterocycles. The van der Waals surface area contributed by atoms with E-state index in [-0.39, 0.29) is 24.3 Å². The maximum absolute atomic E-state index is 14.4. The molecule has 0 saturated carbocycles. The van der Waals surface area contributed by atoms with Crippen LogP contribution in [0.4, 0.5) is 4.39 Å². The van der Waals surface area contributed by atoms with Gasteiger partial charge in [0.15, 0.2) is 0 Å². The van der Waals surface area contributed by atoms with Crippen LogP contribution in [0.3, 0.4) is 0 Å². The van der Waals surface area contributed by atoms with E-state index in [1.807, 2.05) is 25.3 Å². The fourth-order valence-corrected chi connectivity index (χ4v) is 4.96. The summed E-state index contributed by atoms with van der Waals surface area (Å²) in [6.07, 6.45) is 3.37. The minimum Gasteiger partial charge on any atom is -0.481 e. The fourth-order valence-electron chi connectivity index (χ4n) is 3.95. The van der Waals surface area contributed by atoms with Crippen LogP contribution in [0.1, 0.15) is 56.4 Å². The molecular weight excluding hydrogens is 353 g/mol. The Kier molecular flexibility index (Phi) is 5.73. The summed E-state index contributed by atoms with van der Waals surface area (Å²) in [7, 11) is 1.64. The second-order valence-corrected chi connectivity index (χ2v) is 7.47. The molecule has 0 spiro atoms. The molecule has 2 atom stereocenters. The van der Waals surface area contributed by atoms with Crippen molar-refractivity contribution in [2.45, 2.75) is 56.6 Å². The number of rotatable bonds is 7. The molecule has 140 valence electrons. The number of allylic oxidation sites excluding steroid dienone is 1. The van der Waals surface area contributed by atoms with Gasteiger partial charge in [0.2, 0.25) is 0 Å². The monoisotopic (exact) mass is 377 g/mol. The molecule has 3 rings (SSSR count). The zero-order valence-electron chi connectivity index (χ0n) is 15.3. The number of nitrogens with zero attached hydrogens (tertiary/aromatic N) is 1. The topological polar surface area (TPSA) is 51.5 Å². The second kappa shape index (κ2) is 7.84. The Labute approximate surface area is 157 Å². The van der Waals surface area contributed by atoms with Crippen LogP contribution in [-0.2, 0) is 16.1 Å². The molecule has 26 heavy (non-hydrogen) atoms. The standard InChI is InChI=1S/C20H24FNO3S/c1-4-8-26-20-18-14(16(5-2)25-3)10-13(21)11-15(18)22-7-6-12(19(20)22)9-17(23)24/h4,8,10-12,16H,5-7,9H2,1-3H3,(H,23,24)/b8-4+. The summed E-state index contributed by atoms with van der Waals surface area (Å²) in [5.74, 6) is -1.14. The lowest BCUT2D eigenvalue weighted by Gasteiger charge is -2.17. The molecule has 2 unspecified atom stereocenters. The maximum Gasteiger partial charge on any atom is 0.304 e. The third-order valence-electron chi connectivity index (χ3n) is 4.99. The van der Waals surface area contributed by atoms with Crippen LogP contribution in [0.2, 0.25) is 0 Å². The van der Waals surface area contributed by atoms with Crippen LogP contribution in [0.25, 0.3) is 10.9 Å². The highest BCUT2D eigenvalue weighted by Gasteiger charge is 2.33. The smallest absolute Gasteiger partial charge is 0.304 e. The average molecular weight is 377 g/mol. The van der Waals surface area contributed by atoms with Gasteiger partial charge in [0.25, 0.3) is 0 Å². The van der Waals surface area contributed by atoms with Crippen LogP contribution in [0.15, 0.2) is 28.5 Å². The van der Waals surface area contributed by atoms with Crippen molar-refractivity contribution < 1.29 is 19.0 Å². The maximum atomic E-state index is 14.4. The van der Waals surface area contributed by atoms with Gasteiger partial charge in [-0.15, -0.1) is 0 Å². The zero-order chi connectivity index (χ0) is 18.8. The molecule has 1 N–H and O–H groups in total. The predicted molar refractivity (Wildman–Crippen MR) is 102 cm³/mol. The highest BCUT2D eigenvalue weighted by Crippen LogP contribution is 2.47. The highest BCUT2D eigenvalue weighted by atomic mass is 32.2. The molecule has 1 aliphatic heterocycles. The molecule has 0 bridgehead atoms. The largest absolute Gasteiger partial charge is 0.481 e. The van der Waals surface area contributed by atoms with Gasteiger partial charge in [-0.25, -0.2) is 4.39 Å². The quantitative estimate of drug-likeness (QED) is 0.651. The summed E-state index contributed by atoms with van der Waals surface area (Å²) in [5, 5.41) is 12.3. The van der Waals surface area contributed by atoms with Crippen LogP contribution < -0.4 is 0 Å². The number of methoxy groups -OCH3 is 1. The number of carboxylic acids is 1.